The molecule has 14 heavy (non-hydrogen) atoms. The molecule has 0 aliphatic rings. The summed E-state index contributed by atoms with van der Waals surface area (Å²) in [4.78, 5) is 10.1. The molecule has 0 rings (SSSR count). The van der Waals surface area contributed by atoms with Crippen LogP contribution in [-0.4, -0.2) is 19.5 Å². The van der Waals surface area contributed by atoms with Gasteiger partial charge >= 0.3 is 0 Å². The van der Waals surface area contributed by atoms with Crippen LogP contribution in [0.2, 0.25) is 18.6 Å². The molecule has 82 valence electrons. The first kappa shape index (κ1) is 13.4. The van der Waals surface area contributed by atoms with Gasteiger partial charge in [0.2, 0.25) is 6.54 Å². The van der Waals surface area contributed by atoms with Crippen molar-refractivity contribution in [3.63, 3.8) is 0 Å². The Labute approximate surface area is 87.4 Å². The Bertz CT molecular complexity index is 204. The summed E-state index contributed by atoms with van der Waals surface area (Å²) in [5.41, 5.74) is 2.56. The van der Waals surface area contributed by atoms with Crippen LogP contribution in [0.1, 0.15) is 26.2 Å². The summed E-state index contributed by atoms with van der Waals surface area (Å²) >= 11 is 0. The van der Waals surface area contributed by atoms with Gasteiger partial charge in [-0.2, -0.15) is 0 Å². The smallest absolute Gasteiger partial charge is 0.203 e. The lowest BCUT2D eigenvalue weighted by atomic mass is 10.2. The first-order chi connectivity index (χ1) is 6.44. The summed E-state index contributed by atoms with van der Waals surface area (Å²) < 4.78 is 0. The zero-order valence-corrected chi connectivity index (χ0v) is 10.5. The first-order valence-corrected chi connectivity index (χ1v) is 8.35. The van der Waals surface area contributed by atoms with Gasteiger partial charge in [-0.1, -0.05) is 32.9 Å². The fourth-order valence-electron chi connectivity index (χ4n) is 1.66. The molecule has 4 heteroatoms. The van der Waals surface area contributed by atoms with Crippen molar-refractivity contribution < 1.29 is 4.92 Å². The molecule has 0 aromatic carbocycles. The molecule has 3 nitrogen and oxygen atoms in total. The molecule has 0 fully saturated rings. The van der Waals surface area contributed by atoms with Crippen LogP contribution in [-0.2, 0) is 0 Å². The van der Waals surface area contributed by atoms with Crippen molar-refractivity contribution in [2.75, 3.05) is 6.54 Å². The molecule has 0 amide bonds. The number of rotatable bonds is 7. The van der Waals surface area contributed by atoms with Gasteiger partial charge < -0.3 is 0 Å². The van der Waals surface area contributed by atoms with Crippen molar-refractivity contribution in [1.29, 1.82) is 0 Å². The third-order valence-corrected chi connectivity index (χ3v) is 6.61. The van der Waals surface area contributed by atoms with Crippen molar-refractivity contribution in [3.8, 4) is 0 Å². The van der Waals surface area contributed by atoms with Crippen molar-refractivity contribution in [3.05, 3.63) is 22.4 Å². The molecule has 0 radical (unpaired) electrons. The molecule has 0 aromatic rings. The molecule has 1 atom stereocenters. The Morgan fingerprint density at radius 3 is 2.43 bits per heavy atom. The SMILES string of the molecule is C=C[Si](C)(C)C(CCC)CC[N+](=O)[O-]. The topological polar surface area (TPSA) is 43.1 Å². The summed E-state index contributed by atoms with van der Waals surface area (Å²) in [5.74, 6) is 0. The van der Waals surface area contributed by atoms with Crippen LogP contribution in [0.15, 0.2) is 12.3 Å². The van der Waals surface area contributed by atoms with Crippen LogP contribution < -0.4 is 0 Å². The van der Waals surface area contributed by atoms with Crippen LogP contribution in [0, 0.1) is 10.1 Å². The van der Waals surface area contributed by atoms with Gasteiger partial charge in [-0.25, -0.2) is 0 Å². The number of hydrogen-bond donors (Lipinski definition) is 0. The van der Waals surface area contributed by atoms with E-state index in [4.69, 9.17) is 0 Å². The van der Waals surface area contributed by atoms with E-state index in [-0.39, 0.29) is 11.5 Å². The van der Waals surface area contributed by atoms with E-state index in [0.29, 0.717) is 12.0 Å². The molecule has 0 saturated carbocycles. The highest BCUT2D eigenvalue weighted by Gasteiger charge is 2.28. The predicted octanol–water partition coefficient (Wildman–Crippen LogP) is 3.26. The summed E-state index contributed by atoms with van der Waals surface area (Å²) in [6.07, 6.45) is 2.91. The van der Waals surface area contributed by atoms with E-state index in [9.17, 15) is 10.1 Å². The standard InChI is InChI=1S/C10H21NO2Si/c1-5-7-10(8-9-11(12)13)14(3,4)6-2/h6,10H,2,5,7-9H2,1,3-4H3. The highest BCUT2D eigenvalue weighted by molar-refractivity contribution is 6.83. The summed E-state index contributed by atoms with van der Waals surface area (Å²) in [6.45, 7) is 10.6. The molecule has 0 spiro atoms. The van der Waals surface area contributed by atoms with Gasteiger partial charge in [0.1, 0.15) is 0 Å². The highest BCUT2D eigenvalue weighted by atomic mass is 28.3. The molecular formula is C10H21NO2Si. The van der Waals surface area contributed by atoms with Crippen molar-refractivity contribution in [2.24, 2.45) is 0 Å². The van der Waals surface area contributed by atoms with E-state index >= 15 is 0 Å². The predicted molar refractivity (Wildman–Crippen MR) is 62.8 cm³/mol. The lowest BCUT2D eigenvalue weighted by molar-refractivity contribution is -0.480. The van der Waals surface area contributed by atoms with Crippen LogP contribution in [0.4, 0.5) is 0 Å². The third-order valence-electron chi connectivity index (χ3n) is 2.88. The zero-order chi connectivity index (χ0) is 11.2. The van der Waals surface area contributed by atoms with Gasteiger partial charge in [-0.15, -0.1) is 12.3 Å². The van der Waals surface area contributed by atoms with E-state index < -0.39 is 8.07 Å². The lowest BCUT2D eigenvalue weighted by Crippen LogP contribution is -2.31. The van der Waals surface area contributed by atoms with Gasteiger partial charge in [0, 0.05) is 11.3 Å². The lowest BCUT2D eigenvalue weighted by Gasteiger charge is -2.28. The minimum atomic E-state index is -1.44. The molecule has 0 aliphatic heterocycles. The fourth-order valence-corrected chi connectivity index (χ4v) is 3.90. The minimum Gasteiger partial charge on any atom is -0.265 e. The second-order valence-corrected chi connectivity index (χ2v) is 9.22. The van der Waals surface area contributed by atoms with Gasteiger partial charge in [0.15, 0.2) is 0 Å². The molecular weight excluding hydrogens is 194 g/mol. The average Bonchev–Trinajstić information content (AvgIpc) is 2.11. The Balaban J connectivity index is 4.27. The molecule has 1 unspecified atom stereocenters. The number of hydrogen-bond acceptors (Lipinski definition) is 2. The largest absolute Gasteiger partial charge is 0.265 e. The van der Waals surface area contributed by atoms with Crippen LogP contribution in [0.3, 0.4) is 0 Å². The van der Waals surface area contributed by atoms with Crippen LogP contribution in [0.25, 0.3) is 0 Å². The maximum absolute atomic E-state index is 10.3. The number of nitrogens with zero attached hydrogens (tertiary/aromatic N) is 1. The third kappa shape index (κ3) is 4.55. The molecule has 0 N–H and O–H groups in total. The maximum atomic E-state index is 10.3. The summed E-state index contributed by atoms with van der Waals surface area (Å²) in [7, 11) is -1.44. The van der Waals surface area contributed by atoms with Gasteiger partial charge in [-0.05, 0) is 5.54 Å². The molecule has 0 heterocycles. The Morgan fingerprint density at radius 1 is 1.50 bits per heavy atom. The van der Waals surface area contributed by atoms with E-state index in [2.05, 4.69) is 26.6 Å². The Hall–Kier alpha value is -0.643. The van der Waals surface area contributed by atoms with Gasteiger partial charge in [0.05, 0.1) is 8.07 Å². The molecule has 0 saturated heterocycles. The second kappa shape index (κ2) is 5.96. The van der Waals surface area contributed by atoms with Crippen LogP contribution in [0.5, 0.6) is 0 Å². The fraction of sp³-hybridized carbons (Fsp3) is 0.800. The van der Waals surface area contributed by atoms with Crippen LogP contribution >= 0.6 is 0 Å². The van der Waals surface area contributed by atoms with E-state index in [1.807, 2.05) is 5.70 Å². The van der Waals surface area contributed by atoms with Crippen molar-refractivity contribution in [2.45, 2.75) is 44.8 Å². The number of nitro groups is 1. The monoisotopic (exact) mass is 215 g/mol. The molecule has 0 aromatic heterocycles. The van der Waals surface area contributed by atoms with E-state index in [1.165, 1.54) is 0 Å². The summed E-state index contributed by atoms with van der Waals surface area (Å²) in [6, 6.07) is 0. The quantitative estimate of drug-likeness (QED) is 0.371. The highest BCUT2D eigenvalue weighted by Crippen LogP contribution is 2.30. The van der Waals surface area contributed by atoms with Crippen molar-refractivity contribution >= 4 is 8.07 Å². The van der Waals surface area contributed by atoms with E-state index in [1.54, 1.807) is 0 Å². The maximum Gasteiger partial charge on any atom is 0.203 e. The van der Waals surface area contributed by atoms with Crippen molar-refractivity contribution in [1.82, 2.24) is 0 Å². The van der Waals surface area contributed by atoms with Gasteiger partial charge in [0.25, 0.3) is 0 Å². The minimum absolute atomic E-state index is 0.106. The zero-order valence-electron chi connectivity index (χ0n) is 9.45. The second-order valence-electron chi connectivity index (χ2n) is 4.36. The summed E-state index contributed by atoms with van der Waals surface area (Å²) in [5, 5.41) is 10.3. The normalized spacial score (nSPS) is 13.6. The first-order valence-electron chi connectivity index (χ1n) is 5.19. The Kier molecular flexibility index (Phi) is 5.68. The average molecular weight is 215 g/mol. The van der Waals surface area contributed by atoms with E-state index in [0.717, 1.165) is 12.8 Å². The molecule has 0 bridgehead atoms. The van der Waals surface area contributed by atoms with Gasteiger partial charge in [-0.3, -0.25) is 10.1 Å². The Morgan fingerprint density at radius 2 is 2.07 bits per heavy atom. The molecule has 0 aliphatic carbocycles.